The Labute approximate surface area is 148 Å². The van der Waals surface area contributed by atoms with Crippen LogP contribution in [0, 0.1) is 6.92 Å². The van der Waals surface area contributed by atoms with Crippen molar-refractivity contribution in [3.8, 4) is 0 Å². The molecule has 0 bridgehead atoms. The highest BCUT2D eigenvalue weighted by molar-refractivity contribution is 5.91. The summed E-state index contributed by atoms with van der Waals surface area (Å²) in [6.45, 7) is 8.07. The molecule has 1 fully saturated rings. The van der Waals surface area contributed by atoms with Crippen molar-refractivity contribution in [2.24, 2.45) is 14.1 Å². The van der Waals surface area contributed by atoms with Gasteiger partial charge in [-0.3, -0.25) is 19.3 Å². The molecule has 0 aliphatic carbocycles. The topological polar surface area (TPSA) is 71.2 Å². The molecule has 8 nitrogen and oxygen atoms in total. The van der Waals surface area contributed by atoms with E-state index in [0.717, 1.165) is 43.5 Å². The van der Waals surface area contributed by atoms with Crippen LogP contribution in [0.25, 0.3) is 0 Å². The summed E-state index contributed by atoms with van der Waals surface area (Å²) in [5.74, 6) is 1.82. The molecule has 1 amide bonds. The van der Waals surface area contributed by atoms with Crippen LogP contribution >= 0.6 is 0 Å². The Bertz CT molecular complexity index is 735. The van der Waals surface area contributed by atoms with Crippen LogP contribution in [0.5, 0.6) is 0 Å². The first-order chi connectivity index (χ1) is 11.9. The molecule has 25 heavy (non-hydrogen) atoms. The second-order valence-electron chi connectivity index (χ2n) is 6.85. The average Bonchev–Trinajstić information content (AvgIpc) is 3.07. The Morgan fingerprint density at radius 2 is 2.16 bits per heavy atom. The lowest BCUT2D eigenvalue weighted by Crippen LogP contribution is -2.53. The van der Waals surface area contributed by atoms with Crippen molar-refractivity contribution in [3.63, 3.8) is 0 Å². The summed E-state index contributed by atoms with van der Waals surface area (Å²) in [4.78, 5) is 21.3. The molecule has 1 aliphatic rings. The molecular weight excluding hydrogens is 318 g/mol. The van der Waals surface area contributed by atoms with E-state index in [1.807, 2.05) is 39.5 Å². The van der Waals surface area contributed by atoms with Gasteiger partial charge in [0.2, 0.25) is 5.91 Å². The summed E-state index contributed by atoms with van der Waals surface area (Å²) in [6, 6.07) is 2.27. The Hall–Kier alpha value is -2.19. The van der Waals surface area contributed by atoms with Crippen LogP contribution in [-0.2, 0) is 25.4 Å². The van der Waals surface area contributed by atoms with E-state index in [9.17, 15) is 4.79 Å². The number of carbonyl (C=O) groups excluding carboxylic acids is 1. The average molecular weight is 345 g/mol. The fourth-order valence-electron chi connectivity index (χ4n) is 3.29. The lowest BCUT2D eigenvalue weighted by molar-refractivity contribution is -0.118. The van der Waals surface area contributed by atoms with Gasteiger partial charge in [0, 0.05) is 58.2 Å². The lowest BCUT2D eigenvalue weighted by Gasteiger charge is -2.39. The number of amides is 1. The van der Waals surface area contributed by atoms with Crippen molar-refractivity contribution in [1.82, 2.24) is 29.1 Å². The molecule has 1 saturated heterocycles. The highest BCUT2D eigenvalue weighted by Gasteiger charge is 2.25. The number of aryl methyl sites for hydroxylation is 3. The zero-order valence-electron chi connectivity index (χ0n) is 15.4. The molecule has 136 valence electrons. The second-order valence-corrected chi connectivity index (χ2v) is 6.85. The van der Waals surface area contributed by atoms with E-state index < -0.39 is 0 Å². The molecule has 3 rings (SSSR count). The van der Waals surface area contributed by atoms with Gasteiger partial charge in [-0.2, -0.15) is 5.10 Å². The number of carbonyl (C=O) groups is 1. The molecule has 1 atom stereocenters. The highest BCUT2D eigenvalue weighted by atomic mass is 16.2. The van der Waals surface area contributed by atoms with E-state index in [1.54, 1.807) is 4.68 Å². The third-order valence-corrected chi connectivity index (χ3v) is 4.75. The van der Waals surface area contributed by atoms with Crippen molar-refractivity contribution in [2.75, 3.05) is 31.5 Å². The third kappa shape index (κ3) is 4.26. The first-order valence-electron chi connectivity index (χ1n) is 8.65. The quantitative estimate of drug-likeness (QED) is 0.860. The van der Waals surface area contributed by atoms with Crippen molar-refractivity contribution < 1.29 is 4.79 Å². The van der Waals surface area contributed by atoms with Gasteiger partial charge in [0.25, 0.3) is 0 Å². The van der Waals surface area contributed by atoms with Gasteiger partial charge in [0.1, 0.15) is 11.6 Å². The molecule has 0 radical (unpaired) electrons. The molecule has 0 spiro atoms. The minimum atomic E-state index is 0.00718. The molecule has 3 heterocycles. The van der Waals surface area contributed by atoms with Crippen LogP contribution in [0.4, 0.5) is 5.82 Å². The maximum atomic E-state index is 12.3. The van der Waals surface area contributed by atoms with Crippen LogP contribution in [-0.4, -0.2) is 67.3 Å². The van der Waals surface area contributed by atoms with Gasteiger partial charge in [-0.15, -0.1) is 0 Å². The Kier molecular flexibility index (Phi) is 5.19. The van der Waals surface area contributed by atoms with E-state index >= 15 is 0 Å². The van der Waals surface area contributed by atoms with Gasteiger partial charge in [0.05, 0.1) is 18.8 Å². The number of nitrogens with zero attached hydrogens (tertiary/aromatic N) is 6. The van der Waals surface area contributed by atoms with Gasteiger partial charge in [-0.1, -0.05) is 0 Å². The molecule has 2 aromatic heterocycles. The molecule has 1 unspecified atom stereocenters. The summed E-state index contributed by atoms with van der Waals surface area (Å²) < 4.78 is 3.75. The van der Waals surface area contributed by atoms with E-state index in [1.165, 1.54) is 0 Å². The molecule has 2 aromatic rings. The minimum absolute atomic E-state index is 0.00718. The van der Waals surface area contributed by atoms with Gasteiger partial charge in [0.15, 0.2) is 0 Å². The van der Waals surface area contributed by atoms with Crippen LogP contribution in [0.2, 0.25) is 0 Å². The summed E-state index contributed by atoms with van der Waals surface area (Å²) in [5, 5.41) is 7.19. The van der Waals surface area contributed by atoms with E-state index in [0.29, 0.717) is 12.6 Å². The van der Waals surface area contributed by atoms with Gasteiger partial charge >= 0.3 is 0 Å². The summed E-state index contributed by atoms with van der Waals surface area (Å²) in [6.07, 6.45) is 3.81. The maximum absolute atomic E-state index is 12.3. The number of anilines is 1. The number of hydrogen-bond donors (Lipinski definition) is 1. The van der Waals surface area contributed by atoms with Gasteiger partial charge < -0.3 is 9.88 Å². The van der Waals surface area contributed by atoms with Crippen LogP contribution in [0.1, 0.15) is 18.4 Å². The lowest BCUT2D eigenvalue weighted by atomic mass is 10.2. The molecule has 1 aliphatic heterocycles. The molecular formula is C17H27N7O. The maximum Gasteiger partial charge on any atom is 0.239 e. The van der Waals surface area contributed by atoms with Crippen molar-refractivity contribution in [3.05, 3.63) is 30.0 Å². The Morgan fingerprint density at radius 3 is 2.76 bits per heavy atom. The number of nitrogens with one attached hydrogen (secondary N) is 1. The van der Waals surface area contributed by atoms with Crippen LogP contribution in [0.15, 0.2) is 18.5 Å². The van der Waals surface area contributed by atoms with E-state index in [4.69, 9.17) is 0 Å². The number of imidazole rings is 1. The summed E-state index contributed by atoms with van der Waals surface area (Å²) in [7, 11) is 3.86. The molecule has 8 heteroatoms. The predicted octanol–water partition coefficient (Wildman–Crippen LogP) is 0.607. The summed E-state index contributed by atoms with van der Waals surface area (Å²) in [5.41, 5.74) is 0.898. The Morgan fingerprint density at radius 1 is 1.36 bits per heavy atom. The molecule has 0 saturated carbocycles. The first-order valence-corrected chi connectivity index (χ1v) is 8.65. The summed E-state index contributed by atoms with van der Waals surface area (Å²) >= 11 is 0. The molecule has 1 N–H and O–H groups in total. The van der Waals surface area contributed by atoms with E-state index in [-0.39, 0.29) is 5.91 Å². The van der Waals surface area contributed by atoms with Crippen molar-refractivity contribution >= 4 is 11.7 Å². The van der Waals surface area contributed by atoms with E-state index in [2.05, 4.69) is 36.7 Å². The number of hydrogen-bond acceptors (Lipinski definition) is 5. The fourth-order valence-corrected chi connectivity index (χ4v) is 3.29. The van der Waals surface area contributed by atoms with Crippen LogP contribution in [0.3, 0.4) is 0 Å². The Balaban J connectivity index is 1.50. The fraction of sp³-hybridized carbons (Fsp3) is 0.588. The van der Waals surface area contributed by atoms with Crippen molar-refractivity contribution in [1.29, 1.82) is 0 Å². The number of rotatable bonds is 5. The normalized spacial score (nSPS) is 19.3. The largest absolute Gasteiger partial charge is 0.337 e. The zero-order valence-corrected chi connectivity index (χ0v) is 15.4. The minimum Gasteiger partial charge on any atom is -0.337 e. The van der Waals surface area contributed by atoms with Crippen LogP contribution < -0.4 is 5.32 Å². The number of piperazine rings is 1. The predicted molar refractivity (Wildman–Crippen MR) is 96.1 cm³/mol. The third-order valence-electron chi connectivity index (χ3n) is 4.75. The van der Waals surface area contributed by atoms with Crippen molar-refractivity contribution in [2.45, 2.75) is 26.4 Å². The number of aromatic nitrogens is 4. The van der Waals surface area contributed by atoms with Gasteiger partial charge in [-0.05, 0) is 13.8 Å². The van der Waals surface area contributed by atoms with Gasteiger partial charge in [-0.25, -0.2) is 4.98 Å². The second kappa shape index (κ2) is 7.37. The molecule has 0 aromatic carbocycles. The monoisotopic (exact) mass is 345 g/mol. The standard InChI is InChI=1S/C17H27N7O/c1-13-9-15(22(4)20-13)19-17(25)12-23-7-8-24(14(2)10-23)11-16-18-5-6-21(16)3/h5-6,9,14H,7-8,10-12H2,1-4H3,(H,19,25). The zero-order chi connectivity index (χ0) is 18.0. The SMILES string of the molecule is Cc1cc(NC(=O)CN2CCN(Cc3nccn3C)C(C)C2)n(C)n1. The first kappa shape index (κ1) is 17.6. The highest BCUT2D eigenvalue weighted by Crippen LogP contribution is 2.13. The smallest absolute Gasteiger partial charge is 0.239 e.